The molecule has 0 fully saturated rings. The maximum Gasteiger partial charge on any atom is 0.255 e. The van der Waals surface area contributed by atoms with E-state index in [4.69, 9.17) is 0 Å². The van der Waals surface area contributed by atoms with Crippen molar-refractivity contribution >= 4 is 23.7 Å². The van der Waals surface area contributed by atoms with Gasteiger partial charge in [-0.1, -0.05) is 17.7 Å². The second-order valence-electron chi connectivity index (χ2n) is 4.29. The molecular formula is C15H15N3O2. The fourth-order valence-electron chi connectivity index (χ4n) is 1.74. The highest BCUT2D eigenvalue weighted by Gasteiger charge is 2.05. The maximum absolute atomic E-state index is 12.0. The van der Waals surface area contributed by atoms with Crippen molar-refractivity contribution in [3.8, 4) is 0 Å². The zero-order chi connectivity index (χ0) is 14.4. The molecule has 0 bridgehead atoms. The van der Waals surface area contributed by atoms with E-state index in [0.717, 1.165) is 11.3 Å². The summed E-state index contributed by atoms with van der Waals surface area (Å²) < 4.78 is 0. The van der Waals surface area contributed by atoms with E-state index in [1.165, 1.54) is 0 Å². The second-order valence-corrected chi connectivity index (χ2v) is 4.29. The Hall–Kier alpha value is -2.82. The SMILES string of the molecule is Cc1cccc(C(=O)Nc2ccc(NNC=O)cc2)c1. The standard InChI is InChI=1S/C15H15N3O2/c1-11-3-2-4-12(9-11)15(20)17-13-5-7-14(8-6-13)18-16-10-19/h2-10,18H,1H3,(H,16,19)(H,17,20). The van der Waals surface area contributed by atoms with Gasteiger partial charge >= 0.3 is 0 Å². The monoisotopic (exact) mass is 269 g/mol. The Balaban J connectivity index is 2.02. The molecular weight excluding hydrogens is 254 g/mol. The minimum Gasteiger partial charge on any atom is -0.322 e. The number of carbonyl (C=O) groups is 2. The van der Waals surface area contributed by atoms with E-state index in [1.807, 2.05) is 25.1 Å². The Bertz CT molecular complexity index is 609. The van der Waals surface area contributed by atoms with Gasteiger partial charge in [-0.15, -0.1) is 0 Å². The molecule has 5 heteroatoms. The third-order valence-electron chi connectivity index (χ3n) is 2.70. The summed E-state index contributed by atoms with van der Waals surface area (Å²) in [6.45, 7) is 1.94. The average Bonchev–Trinajstić information content (AvgIpc) is 2.46. The summed E-state index contributed by atoms with van der Waals surface area (Å²) in [6, 6.07) is 14.4. The van der Waals surface area contributed by atoms with E-state index < -0.39 is 0 Å². The molecule has 0 saturated heterocycles. The first kappa shape index (κ1) is 13.6. The average molecular weight is 269 g/mol. The number of hydrogen-bond acceptors (Lipinski definition) is 3. The van der Waals surface area contributed by atoms with Gasteiger partial charge < -0.3 is 5.32 Å². The quantitative estimate of drug-likeness (QED) is 0.576. The summed E-state index contributed by atoms with van der Waals surface area (Å²) in [5.41, 5.74) is 8.10. The molecule has 0 radical (unpaired) electrons. The Morgan fingerprint density at radius 2 is 1.75 bits per heavy atom. The number of aryl methyl sites for hydroxylation is 1. The summed E-state index contributed by atoms with van der Waals surface area (Å²) in [6.07, 6.45) is 0.549. The molecule has 20 heavy (non-hydrogen) atoms. The molecule has 0 unspecified atom stereocenters. The molecule has 2 aromatic carbocycles. The number of hydrogen-bond donors (Lipinski definition) is 3. The summed E-state index contributed by atoms with van der Waals surface area (Å²) in [7, 11) is 0. The molecule has 102 valence electrons. The lowest BCUT2D eigenvalue weighted by Gasteiger charge is -2.08. The summed E-state index contributed by atoms with van der Waals surface area (Å²) in [4.78, 5) is 22.2. The first-order valence-corrected chi connectivity index (χ1v) is 6.12. The molecule has 0 spiro atoms. The van der Waals surface area contributed by atoms with Crippen LogP contribution in [-0.4, -0.2) is 12.3 Å². The first-order valence-electron chi connectivity index (χ1n) is 6.12. The van der Waals surface area contributed by atoms with Gasteiger partial charge in [-0.2, -0.15) is 0 Å². The highest BCUT2D eigenvalue weighted by atomic mass is 16.1. The highest BCUT2D eigenvalue weighted by molar-refractivity contribution is 6.04. The fourth-order valence-corrected chi connectivity index (χ4v) is 1.74. The van der Waals surface area contributed by atoms with Crippen molar-refractivity contribution in [2.45, 2.75) is 6.92 Å². The first-order chi connectivity index (χ1) is 9.69. The molecule has 2 rings (SSSR count). The van der Waals surface area contributed by atoms with Gasteiger partial charge in [0.1, 0.15) is 0 Å². The molecule has 5 nitrogen and oxygen atoms in total. The van der Waals surface area contributed by atoms with Crippen LogP contribution in [0.25, 0.3) is 0 Å². The lowest BCUT2D eigenvalue weighted by Crippen LogP contribution is -2.18. The van der Waals surface area contributed by atoms with Crippen molar-refractivity contribution in [3.63, 3.8) is 0 Å². The number of hydrazine groups is 1. The van der Waals surface area contributed by atoms with Gasteiger partial charge in [0.25, 0.3) is 5.91 Å². The zero-order valence-corrected chi connectivity index (χ0v) is 11.0. The third kappa shape index (κ3) is 3.58. The molecule has 0 aromatic heterocycles. The van der Waals surface area contributed by atoms with Crippen LogP contribution in [0.1, 0.15) is 15.9 Å². The lowest BCUT2D eigenvalue weighted by molar-refractivity contribution is -0.109. The molecule has 0 atom stereocenters. The molecule has 0 heterocycles. The van der Waals surface area contributed by atoms with Gasteiger partial charge in [0, 0.05) is 11.3 Å². The van der Waals surface area contributed by atoms with Crippen molar-refractivity contribution in [1.29, 1.82) is 0 Å². The van der Waals surface area contributed by atoms with Crippen LogP contribution in [0.5, 0.6) is 0 Å². The van der Waals surface area contributed by atoms with Crippen molar-refractivity contribution in [3.05, 3.63) is 59.7 Å². The summed E-state index contributed by atoms with van der Waals surface area (Å²) >= 11 is 0. The van der Waals surface area contributed by atoms with Crippen molar-refractivity contribution in [2.24, 2.45) is 0 Å². The Labute approximate surface area is 117 Å². The van der Waals surface area contributed by atoms with E-state index in [2.05, 4.69) is 16.2 Å². The van der Waals surface area contributed by atoms with Gasteiger partial charge in [0.2, 0.25) is 6.41 Å². The van der Waals surface area contributed by atoms with E-state index in [1.54, 1.807) is 30.3 Å². The van der Waals surface area contributed by atoms with Crippen LogP contribution >= 0.6 is 0 Å². The van der Waals surface area contributed by atoms with E-state index in [-0.39, 0.29) is 5.91 Å². The predicted octanol–water partition coefficient (Wildman–Crippen LogP) is 2.32. The van der Waals surface area contributed by atoms with Gasteiger partial charge in [0.05, 0.1) is 5.69 Å². The van der Waals surface area contributed by atoms with Crippen molar-refractivity contribution < 1.29 is 9.59 Å². The highest BCUT2D eigenvalue weighted by Crippen LogP contribution is 2.14. The number of nitrogens with one attached hydrogen (secondary N) is 3. The number of rotatable bonds is 5. The van der Waals surface area contributed by atoms with Crippen LogP contribution in [-0.2, 0) is 4.79 Å². The molecule has 3 N–H and O–H groups in total. The minimum atomic E-state index is -0.152. The van der Waals surface area contributed by atoms with Crippen LogP contribution in [0.15, 0.2) is 48.5 Å². The summed E-state index contributed by atoms with van der Waals surface area (Å²) in [5, 5.41) is 2.81. The number of benzene rings is 2. The van der Waals surface area contributed by atoms with Crippen LogP contribution in [0, 0.1) is 6.92 Å². The van der Waals surface area contributed by atoms with Crippen LogP contribution < -0.4 is 16.2 Å². The second kappa shape index (κ2) is 6.38. The fraction of sp³-hybridized carbons (Fsp3) is 0.0667. The lowest BCUT2D eigenvalue weighted by atomic mass is 10.1. The molecule has 0 aliphatic carbocycles. The molecule has 2 aromatic rings. The Morgan fingerprint density at radius 3 is 2.40 bits per heavy atom. The zero-order valence-electron chi connectivity index (χ0n) is 11.0. The molecule has 0 saturated carbocycles. The van der Waals surface area contributed by atoms with Crippen molar-refractivity contribution in [2.75, 3.05) is 10.7 Å². The topological polar surface area (TPSA) is 70.2 Å². The smallest absolute Gasteiger partial charge is 0.255 e. The molecule has 0 aliphatic heterocycles. The number of amides is 2. The van der Waals surface area contributed by atoms with E-state index in [0.29, 0.717) is 17.7 Å². The van der Waals surface area contributed by atoms with E-state index in [9.17, 15) is 9.59 Å². The Morgan fingerprint density at radius 1 is 1.05 bits per heavy atom. The number of anilines is 2. The predicted molar refractivity (Wildman–Crippen MR) is 78.4 cm³/mol. The minimum absolute atomic E-state index is 0.152. The van der Waals surface area contributed by atoms with Gasteiger partial charge in [-0.25, -0.2) is 0 Å². The van der Waals surface area contributed by atoms with Crippen LogP contribution in [0.2, 0.25) is 0 Å². The van der Waals surface area contributed by atoms with Crippen LogP contribution in [0.3, 0.4) is 0 Å². The van der Waals surface area contributed by atoms with Crippen molar-refractivity contribution in [1.82, 2.24) is 5.43 Å². The van der Waals surface area contributed by atoms with Gasteiger partial charge in [-0.05, 0) is 43.3 Å². The Kier molecular flexibility index (Phi) is 4.34. The van der Waals surface area contributed by atoms with E-state index >= 15 is 0 Å². The van der Waals surface area contributed by atoms with Crippen LogP contribution in [0.4, 0.5) is 11.4 Å². The largest absolute Gasteiger partial charge is 0.322 e. The van der Waals surface area contributed by atoms with Gasteiger partial charge in [0.15, 0.2) is 0 Å². The third-order valence-corrected chi connectivity index (χ3v) is 2.70. The summed E-state index contributed by atoms with van der Waals surface area (Å²) in [5.74, 6) is -0.152. The number of carbonyl (C=O) groups excluding carboxylic acids is 2. The van der Waals surface area contributed by atoms with Gasteiger partial charge in [-0.3, -0.25) is 20.4 Å². The molecule has 0 aliphatic rings. The maximum atomic E-state index is 12.0. The normalized spacial score (nSPS) is 9.65. The molecule has 2 amide bonds.